The van der Waals surface area contributed by atoms with Crippen molar-refractivity contribution in [3.63, 3.8) is 0 Å². The fourth-order valence-corrected chi connectivity index (χ4v) is 2.15. The van der Waals surface area contributed by atoms with Gasteiger partial charge in [0.15, 0.2) is 5.78 Å². The Bertz CT molecular complexity index is 714. The third-order valence-electron chi connectivity index (χ3n) is 2.99. The second kappa shape index (κ2) is 4.11. The smallest absolute Gasteiger partial charge is 0.161 e. The number of carbonyl (C=O) groups excluding carboxylic acids is 1. The Labute approximate surface area is 105 Å². The summed E-state index contributed by atoms with van der Waals surface area (Å²) in [5, 5.41) is 0.968. The maximum absolute atomic E-state index is 11.7. The van der Waals surface area contributed by atoms with Gasteiger partial charge in [0.25, 0.3) is 0 Å². The molecule has 0 saturated heterocycles. The molecule has 2 aromatic heterocycles. The average Bonchev–Trinajstić information content (AvgIpc) is 2.79. The van der Waals surface area contributed by atoms with Crippen LogP contribution in [0.3, 0.4) is 0 Å². The topological polar surface area (TPSA) is 34.9 Å². The highest BCUT2D eigenvalue weighted by molar-refractivity contribution is 6.07. The Morgan fingerprint density at radius 2 is 1.89 bits per heavy atom. The minimum Gasteiger partial charge on any atom is -0.300 e. The van der Waals surface area contributed by atoms with Gasteiger partial charge in [0.05, 0.1) is 5.52 Å². The van der Waals surface area contributed by atoms with Gasteiger partial charge in [-0.05, 0) is 25.1 Å². The van der Waals surface area contributed by atoms with Crippen LogP contribution in [0.5, 0.6) is 0 Å². The lowest BCUT2D eigenvalue weighted by Gasteiger charge is -2.02. The van der Waals surface area contributed by atoms with E-state index in [2.05, 4.69) is 4.98 Å². The van der Waals surface area contributed by atoms with Crippen molar-refractivity contribution in [2.24, 2.45) is 0 Å². The number of fused-ring (bicyclic) bond motifs is 1. The van der Waals surface area contributed by atoms with E-state index in [1.54, 1.807) is 13.1 Å². The molecule has 88 valence electrons. The molecule has 2 heterocycles. The van der Waals surface area contributed by atoms with Crippen LogP contribution < -0.4 is 0 Å². The third kappa shape index (κ3) is 1.61. The zero-order chi connectivity index (χ0) is 12.5. The van der Waals surface area contributed by atoms with Gasteiger partial charge in [-0.25, -0.2) is 4.98 Å². The maximum atomic E-state index is 11.7. The molecule has 3 nitrogen and oxygen atoms in total. The number of benzene rings is 1. The Balaban J connectivity index is 2.34. The van der Waals surface area contributed by atoms with E-state index in [9.17, 15) is 4.79 Å². The van der Waals surface area contributed by atoms with Crippen molar-refractivity contribution < 1.29 is 4.79 Å². The molecule has 0 atom stereocenters. The molecular formula is C15H12N2O. The summed E-state index contributed by atoms with van der Waals surface area (Å²) in [6.45, 7) is 1.59. The van der Waals surface area contributed by atoms with Crippen molar-refractivity contribution in [3.05, 3.63) is 60.4 Å². The van der Waals surface area contributed by atoms with Crippen LogP contribution >= 0.6 is 0 Å². The minimum absolute atomic E-state index is 0.0703. The predicted molar refractivity (Wildman–Crippen MR) is 71.1 cm³/mol. The quantitative estimate of drug-likeness (QED) is 0.640. The normalized spacial score (nSPS) is 10.7. The Morgan fingerprint density at radius 3 is 2.61 bits per heavy atom. The zero-order valence-electron chi connectivity index (χ0n) is 10.00. The molecule has 0 spiro atoms. The number of para-hydroxylation sites is 1. The van der Waals surface area contributed by atoms with Gasteiger partial charge in [-0.3, -0.25) is 4.79 Å². The van der Waals surface area contributed by atoms with Crippen LogP contribution in [0.2, 0.25) is 0 Å². The molecule has 0 bridgehead atoms. The highest BCUT2D eigenvalue weighted by Crippen LogP contribution is 2.24. The molecular weight excluding hydrogens is 224 g/mol. The van der Waals surface area contributed by atoms with Gasteiger partial charge in [-0.1, -0.05) is 24.3 Å². The van der Waals surface area contributed by atoms with Gasteiger partial charge in [0.2, 0.25) is 0 Å². The van der Waals surface area contributed by atoms with E-state index >= 15 is 0 Å². The summed E-state index contributed by atoms with van der Waals surface area (Å²) < 4.78 is 1.95. The molecule has 0 amide bonds. The van der Waals surface area contributed by atoms with Crippen molar-refractivity contribution in [2.45, 2.75) is 6.92 Å². The fraction of sp³-hybridized carbons (Fsp3) is 0.0667. The van der Waals surface area contributed by atoms with Crippen molar-refractivity contribution in [1.29, 1.82) is 0 Å². The first-order valence-electron chi connectivity index (χ1n) is 5.80. The molecule has 3 aromatic rings. The van der Waals surface area contributed by atoms with Gasteiger partial charge in [-0.2, -0.15) is 0 Å². The molecule has 0 N–H and O–H groups in total. The number of pyridine rings is 1. The standard InChI is InChI=1S/C15H12N2O/c1-11(18)13-10-17(15-8-4-5-9-16-15)14-7-3-2-6-12(13)14/h2-10H,1H3. The first-order chi connectivity index (χ1) is 8.77. The Kier molecular flexibility index (Phi) is 2.45. The number of carbonyl (C=O) groups is 1. The van der Waals surface area contributed by atoms with E-state index in [0.29, 0.717) is 0 Å². The van der Waals surface area contributed by atoms with Crippen molar-refractivity contribution in [3.8, 4) is 5.82 Å². The van der Waals surface area contributed by atoms with E-state index in [1.165, 1.54) is 0 Å². The Morgan fingerprint density at radius 1 is 1.11 bits per heavy atom. The van der Waals surface area contributed by atoms with Crippen molar-refractivity contribution >= 4 is 16.7 Å². The minimum atomic E-state index is 0.0703. The lowest BCUT2D eigenvalue weighted by molar-refractivity contribution is 0.101. The molecule has 1 aromatic carbocycles. The largest absolute Gasteiger partial charge is 0.300 e. The molecule has 3 heteroatoms. The molecule has 0 fully saturated rings. The van der Waals surface area contributed by atoms with E-state index in [-0.39, 0.29) is 5.78 Å². The monoisotopic (exact) mass is 236 g/mol. The highest BCUT2D eigenvalue weighted by atomic mass is 16.1. The summed E-state index contributed by atoms with van der Waals surface area (Å²) in [5.74, 6) is 0.891. The van der Waals surface area contributed by atoms with Gasteiger partial charge in [0, 0.05) is 23.3 Å². The van der Waals surface area contributed by atoms with E-state index in [0.717, 1.165) is 22.3 Å². The maximum Gasteiger partial charge on any atom is 0.161 e. The lowest BCUT2D eigenvalue weighted by atomic mass is 10.1. The SMILES string of the molecule is CC(=O)c1cn(-c2ccccn2)c2ccccc12. The second-order valence-electron chi connectivity index (χ2n) is 4.17. The summed E-state index contributed by atoms with van der Waals surface area (Å²) in [7, 11) is 0. The van der Waals surface area contributed by atoms with Crippen LogP contribution in [-0.2, 0) is 0 Å². The van der Waals surface area contributed by atoms with Crippen molar-refractivity contribution in [2.75, 3.05) is 0 Å². The highest BCUT2D eigenvalue weighted by Gasteiger charge is 2.12. The van der Waals surface area contributed by atoms with Crippen LogP contribution in [-0.4, -0.2) is 15.3 Å². The molecule has 3 rings (SSSR count). The first kappa shape index (κ1) is 10.7. The van der Waals surface area contributed by atoms with E-state index < -0.39 is 0 Å². The molecule has 0 saturated carbocycles. The summed E-state index contributed by atoms with van der Waals surface area (Å²) in [6, 6.07) is 13.6. The van der Waals surface area contributed by atoms with Gasteiger partial charge in [0.1, 0.15) is 5.82 Å². The number of Topliss-reactive ketones (excluding diaryl/α,β-unsaturated/α-hetero) is 1. The summed E-state index contributed by atoms with van der Waals surface area (Å²) >= 11 is 0. The number of hydrogen-bond acceptors (Lipinski definition) is 2. The van der Waals surface area contributed by atoms with Crippen molar-refractivity contribution in [1.82, 2.24) is 9.55 Å². The lowest BCUT2D eigenvalue weighted by Crippen LogP contribution is -1.94. The molecule has 0 aliphatic heterocycles. The molecule has 0 unspecified atom stereocenters. The number of ketones is 1. The summed E-state index contributed by atoms with van der Waals surface area (Å²) in [6.07, 6.45) is 3.60. The zero-order valence-corrected chi connectivity index (χ0v) is 10.00. The van der Waals surface area contributed by atoms with Crippen LogP contribution in [0.15, 0.2) is 54.9 Å². The summed E-state index contributed by atoms with van der Waals surface area (Å²) in [4.78, 5) is 16.0. The first-order valence-corrected chi connectivity index (χ1v) is 5.80. The Hall–Kier alpha value is -2.42. The third-order valence-corrected chi connectivity index (χ3v) is 2.99. The van der Waals surface area contributed by atoms with Crippen LogP contribution in [0.25, 0.3) is 16.7 Å². The molecule has 0 aliphatic rings. The average molecular weight is 236 g/mol. The molecule has 18 heavy (non-hydrogen) atoms. The van der Waals surface area contributed by atoms with Crippen LogP contribution in [0.1, 0.15) is 17.3 Å². The molecule has 0 radical (unpaired) electrons. The number of aromatic nitrogens is 2. The predicted octanol–water partition coefficient (Wildman–Crippen LogP) is 3.23. The molecule has 0 aliphatic carbocycles. The number of nitrogens with zero attached hydrogens (tertiary/aromatic N) is 2. The van der Waals surface area contributed by atoms with Crippen LogP contribution in [0, 0.1) is 0 Å². The number of rotatable bonds is 2. The fourth-order valence-electron chi connectivity index (χ4n) is 2.15. The van der Waals surface area contributed by atoms with Gasteiger partial charge in [-0.15, -0.1) is 0 Å². The summed E-state index contributed by atoms with van der Waals surface area (Å²) in [5.41, 5.74) is 1.73. The van der Waals surface area contributed by atoms with E-state index in [4.69, 9.17) is 0 Å². The second-order valence-corrected chi connectivity index (χ2v) is 4.17. The van der Waals surface area contributed by atoms with Gasteiger partial charge < -0.3 is 4.57 Å². The van der Waals surface area contributed by atoms with E-state index in [1.807, 2.05) is 53.2 Å². The van der Waals surface area contributed by atoms with Gasteiger partial charge >= 0.3 is 0 Å². The van der Waals surface area contributed by atoms with Crippen LogP contribution in [0.4, 0.5) is 0 Å². The number of hydrogen-bond donors (Lipinski definition) is 0.